The lowest BCUT2D eigenvalue weighted by Crippen LogP contribution is -2.41. The molecule has 0 aliphatic carbocycles. The van der Waals surface area contributed by atoms with Crippen LogP contribution in [0, 0.1) is 5.82 Å². The predicted octanol–water partition coefficient (Wildman–Crippen LogP) is 4.76. The fourth-order valence-electron chi connectivity index (χ4n) is 3.37. The second kappa shape index (κ2) is 10.2. The van der Waals surface area contributed by atoms with Crippen LogP contribution in [0.2, 0.25) is 10.0 Å². The number of carbonyl (C=O) groups excluding carboxylic acids is 2. The minimum absolute atomic E-state index is 0.0512. The lowest BCUT2D eigenvalue weighted by atomic mass is 10.1. The van der Waals surface area contributed by atoms with E-state index in [1.807, 2.05) is 0 Å². The molecule has 4 rings (SSSR count). The van der Waals surface area contributed by atoms with Gasteiger partial charge in [-0.15, -0.1) is 0 Å². The number of anilines is 3. The maximum atomic E-state index is 13.4. The van der Waals surface area contributed by atoms with Gasteiger partial charge in [0, 0.05) is 11.3 Å². The van der Waals surface area contributed by atoms with Crippen molar-refractivity contribution in [1.29, 1.82) is 0 Å². The number of carbonyl (C=O) groups is 2. The Morgan fingerprint density at radius 1 is 0.943 bits per heavy atom. The number of hydrogen-bond acceptors (Lipinski definition) is 5. The van der Waals surface area contributed by atoms with Crippen LogP contribution < -0.4 is 14.9 Å². The van der Waals surface area contributed by atoms with E-state index < -0.39 is 33.6 Å². The van der Waals surface area contributed by atoms with Crippen molar-refractivity contribution in [3.8, 4) is 0 Å². The molecule has 1 aliphatic rings. The van der Waals surface area contributed by atoms with Crippen LogP contribution in [0.3, 0.4) is 0 Å². The Balaban J connectivity index is 1.50. The van der Waals surface area contributed by atoms with Crippen molar-refractivity contribution in [3.05, 3.63) is 87.7 Å². The highest BCUT2D eigenvalue weighted by Gasteiger charge is 2.27. The van der Waals surface area contributed by atoms with Crippen LogP contribution in [0.25, 0.3) is 0 Å². The van der Waals surface area contributed by atoms with Crippen LogP contribution in [0.1, 0.15) is 20.7 Å². The molecule has 12 heteroatoms. The van der Waals surface area contributed by atoms with E-state index in [-0.39, 0.29) is 40.0 Å². The van der Waals surface area contributed by atoms with Gasteiger partial charge in [-0.25, -0.2) is 12.8 Å². The van der Waals surface area contributed by atoms with Gasteiger partial charge in [-0.1, -0.05) is 29.3 Å². The number of nitrogens with one attached hydrogen (secondary N) is 2. The average molecular weight is 538 g/mol. The zero-order valence-electron chi connectivity index (χ0n) is 17.9. The summed E-state index contributed by atoms with van der Waals surface area (Å²) in [6.07, 6.45) is 0. The Morgan fingerprint density at radius 3 is 2.46 bits per heavy atom. The molecule has 1 aliphatic heterocycles. The van der Waals surface area contributed by atoms with E-state index >= 15 is 0 Å². The Hall–Kier alpha value is -3.18. The first-order chi connectivity index (χ1) is 16.6. The van der Waals surface area contributed by atoms with Crippen molar-refractivity contribution in [2.75, 3.05) is 34.0 Å². The van der Waals surface area contributed by atoms with Crippen molar-refractivity contribution >= 4 is 62.1 Å². The monoisotopic (exact) mass is 537 g/mol. The molecule has 0 bridgehead atoms. The number of sulfonamides is 1. The topological polar surface area (TPSA) is 105 Å². The maximum absolute atomic E-state index is 13.4. The third kappa shape index (κ3) is 5.73. The van der Waals surface area contributed by atoms with Gasteiger partial charge in [0.1, 0.15) is 5.82 Å². The number of benzene rings is 3. The van der Waals surface area contributed by atoms with Gasteiger partial charge < -0.3 is 15.4 Å². The highest BCUT2D eigenvalue weighted by atomic mass is 35.5. The smallest absolute Gasteiger partial charge is 0.259 e. The van der Waals surface area contributed by atoms with Crippen molar-refractivity contribution in [1.82, 2.24) is 0 Å². The van der Waals surface area contributed by atoms with Gasteiger partial charge in [0.15, 0.2) is 5.94 Å². The number of rotatable bonds is 5. The molecule has 1 heterocycles. The summed E-state index contributed by atoms with van der Waals surface area (Å²) in [4.78, 5) is 25.2. The molecule has 2 amide bonds. The SMILES string of the molecule is O=C(Nc1cc(NC(=O)c2ccc(N3CCOCS3(=O)=O)cc2Cl)ccc1Cl)c1cccc(F)c1. The number of halogens is 3. The molecule has 1 saturated heterocycles. The molecule has 2 N–H and O–H groups in total. The van der Waals surface area contributed by atoms with E-state index in [0.29, 0.717) is 11.4 Å². The molecule has 0 saturated carbocycles. The lowest BCUT2D eigenvalue weighted by molar-refractivity contribution is 0.101. The first kappa shape index (κ1) is 24.9. The van der Waals surface area contributed by atoms with Gasteiger partial charge in [0.05, 0.1) is 40.1 Å². The Kier molecular flexibility index (Phi) is 7.27. The number of nitrogens with zero attached hydrogens (tertiary/aromatic N) is 1. The third-order valence-electron chi connectivity index (χ3n) is 5.05. The summed E-state index contributed by atoms with van der Waals surface area (Å²) in [7, 11) is -3.63. The first-order valence-corrected chi connectivity index (χ1v) is 12.6. The molecule has 0 spiro atoms. The van der Waals surface area contributed by atoms with Gasteiger partial charge >= 0.3 is 0 Å². The van der Waals surface area contributed by atoms with Crippen LogP contribution in [-0.2, 0) is 14.8 Å². The van der Waals surface area contributed by atoms with E-state index in [1.165, 1.54) is 58.9 Å². The Labute approximate surface area is 210 Å². The molecule has 1 fully saturated rings. The van der Waals surface area contributed by atoms with Gasteiger partial charge in [0.2, 0.25) is 0 Å². The summed E-state index contributed by atoms with van der Waals surface area (Å²) < 4.78 is 44.0. The Morgan fingerprint density at radius 2 is 1.74 bits per heavy atom. The number of amides is 2. The van der Waals surface area contributed by atoms with Gasteiger partial charge in [-0.3, -0.25) is 13.9 Å². The zero-order chi connectivity index (χ0) is 25.2. The molecule has 0 aromatic heterocycles. The van der Waals surface area contributed by atoms with Gasteiger partial charge in [0.25, 0.3) is 21.8 Å². The Bertz CT molecular complexity index is 1420. The largest absolute Gasteiger partial charge is 0.362 e. The van der Waals surface area contributed by atoms with E-state index in [1.54, 1.807) is 0 Å². The van der Waals surface area contributed by atoms with Crippen molar-refractivity contribution in [2.24, 2.45) is 0 Å². The van der Waals surface area contributed by atoms with Crippen LogP contribution in [0.4, 0.5) is 21.5 Å². The van der Waals surface area contributed by atoms with E-state index in [4.69, 9.17) is 27.9 Å². The molecule has 35 heavy (non-hydrogen) atoms. The molecule has 0 radical (unpaired) electrons. The molecule has 3 aromatic carbocycles. The number of hydrogen-bond donors (Lipinski definition) is 2. The maximum Gasteiger partial charge on any atom is 0.259 e. The van der Waals surface area contributed by atoms with Crippen molar-refractivity contribution in [3.63, 3.8) is 0 Å². The summed E-state index contributed by atoms with van der Waals surface area (Å²) in [5.41, 5.74) is 1.05. The third-order valence-corrected chi connectivity index (χ3v) is 7.22. The summed E-state index contributed by atoms with van der Waals surface area (Å²) in [6, 6.07) is 13.9. The lowest BCUT2D eigenvalue weighted by Gasteiger charge is -2.28. The first-order valence-electron chi connectivity index (χ1n) is 10.2. The van der Waals surface area contributed by atoms with Crippen LogP contribution in [0.15, 0.2) is 60.7 Å². The molecule has 0 atom stereocenters. The fourth-order valence-corrected chi connectivity index (χ4v) is 5.04. The average Bonchev–Trinajstić information content (AvgIpc) is 2.80. The second-order valence-corrected chi connectivity index (χ2v) is 10.1. The normalized spacial score (nSPS) is 14.9. The minimum Gasteiger partial charge on any atom is -0.362 e. The molecule has 0 unspecified atom stereocenters. The fraction of sp³-hybridized carbons (Fsp3) is 0.130. The molecule has 182 valence electrons. The predicted molar refractivity (Wildman–Crippen MR) is 132 cm³/mol. The molecule has 8 nitrogen and oxygen atoms in total. The zero-order valence-corrected chi connectivity index (χ0v) is 20.3. The highest BCUT2D eigenvalue weighted by molar-refractivity contribution is 7.92. The van der Waals surface area contributed by atoms with Crippen LogP contribution in [0.5, 0.6) is 0 Å². The minimum atomic E-state index is -3.63. The van der Waals surface area contributed by atoms with Crippen molar-refractivity contribution < 1.29 is 27.1 Å². The summed E-state index contributed by atoms with van der Waals surface area (Å²) in [5.74, 6) is -2.12. The summed E-state index contributed by atoms with van der Waals surface area (Å²) in [5, 5.41) is 5.50. The molecular weight excluding hydrogens is 520 g/mol. The highest BCUT2D eigenvalue weighted by Crippen LogP contribution is 2.29. The standard InChI is InChI=1S/C23H18Cl2FN3O5S/c24-19-7-4-16(11-21(19)28-22(30)14-2-1-3-15(26)10-14)27-23(31)18-6-5-17(12-20(18)25)29-8-9-34-13-35(29,32)33/h1-7,10-12H,8-9,13H2,(H,27,31)(H,28,30). The van der Waals surface area contributed by atoms with Gasteiger partial charge in [-0.2, -0.15) is 0 Å². The number of ether oxygens (including phenoxy) is 1. The van der Waals surface area contributed by atoms with Crippen molar-refractivity contribution in [2.45, 2.75) is 0 Å². The van der Waals surface area contributed by atoms with Crippen LogP contribution >= 0.6 is 23.2 Å². The van der Waals surface area contributed by atoms with Gasteiger partial charge in [-0.05, 0) is 54.6 Å². The van der Waals surface area contributed by atoms with E-state index in [2.05, 4.69) is 10.6 Å². The second-order valence-electron chi connectivity index (χ2n) is 7.49. The summed E-state index contributed by atoms with van der Waals surface area (Å²) in [6.45, 7) is 0.382. The summed E-state index contributed by atoms with van der Waals surface area (Å²) >= 11 is 12.5. The van der Waals surface area contributed by atoms with Crippen LogP contribution in [-0.4, -0.2) is 39.3 Å². The molecule has 3 aromatic rings. The quantitative estimate of drug-likeness (QED) is 0.488. The van der Waals surface area contributed by atoms with E-state index in [9.17, 15) is 22.4 Å². The molecular formula is C23H18Cl2FN3O5S. The van der Waals surface area contributed by atoms with E-state index in [0.717, 1.165) is 6.07 Å².